The Kier molecular flexibility index (Phi) is 7.97. The highest BCUT2D eigenvalue weighted by atomic mass is 32.2. The van der Waals surface area contributed by atoms with Gasteiger partial charge in [0.15, 0.2) is 0 Å². The predicted molar refractivity (Wildman–Crippen MR) is 106 cm³/mol. The predicted octanol–water partition coefficient (Wildman–Crippen LogP) is 3.13. The number of sulfonamides is 1. The summed E-state index contributed by atoms with van der Waals surface area (Å²) in [5, 5.41) is 2.81. The minimum atomic E-state index is -3.56. The Hall–Kier alpha value is -2.22. The minimum Gasteiger partial charge on any atom is -0.385 e. The van der Waals surface area contributed by atoms with Gasteiger partial charge in [0.2, 0.25) is 15.9 Å². The van der Waals surface area contributed by atoms with Crippen LogP contribution in [0, 0.1) is 0 Å². The van der Waals surface area contributed by atoms with Crippen LogP contribution in [-0.4, -0.2) is 34.6 Å². The SMILES string of the molecule is COCCCNS(=O)(=O)c1ccc(NC(=O)C[C@@H](C)c2ccccc2)cc1. The van der Waals surface area contributed by atoms with Gasteiger partial charge in [-0.1, -0.05) is 37.3 Å². The van der Waals surface area contributed by atoms with Gasteiger partial charge >= 0.3 is 0 Å². The Morgan fingerprint density at radius 2 is 1.74 bits per heavy atom. The van der Waals surface area contributed by atoms with Crippen LogP contribution in [0.1, 0.15) is 31.2 Å². The third-order valence-corrected chi connectivity index (χ3v) is 5.60. The number of benzene rings is 2. The summed E-state index contributed by atoms with van der Waals surface area (Å²) >= 11 is 0. The van der Waals surface area contributed by atoms with Crippen LogP contribution in [-0.2, 0) is 19.6 Å². The quantitative estimate of drug-likeness (QED) is 0.611. The molecule has 2 N–H and O–H groups in total. The average molecular weight is 391 g/mol. The highest BCUT2D eigenvalue weighted by Gasteiger charge is 2.14. The molecule has 0 spiro atoms. The number of nitrogens with one attached hydrogen (secondary N) is 2. The molecule has 2 aromatic carbocycles. The monoisotopic (exact) mass is 390 g/mol. The third kappa shape index (κ3) is 6.78. The van der Waals surface area contributed by atoms with Gasteiger partial charge in [0.05, 0.1) is 4.90 Å². The van der Waals surface area contributed by atoms with Gasteiger partial charge in [-0.3, -0.25) is 4.79 Å². The van der Waals surface area contributed by atoms with Gasteiger partial charge < -0.3 is 10.1 Å². The normalized spacial score (nSPS) is 12.5. The van der Waals surface area contributed by atoms with Crippen molar-refractivity contribution in [1.29, 1.82) is 0 Å². The van der Waals surface area contributed by atoms with E-state index < -0.39 is 10.0 Å². The van der Waals surface area contributed by atoms with E-state index in [0.29, 0.717) is 31.7 Å². The largest absolute Gasteiger partial charge is 0.385 e. The molecule has 2 rings (SSSR count). The van der Waals surface area contributed by atoms with Crippen LogP contribution < -0.4 is 10.0 Å². The summed E-state index contributed by atoms with van der Waals surface area (Å²) in [5.41, 5.74) is 1.67. The number of anilines is 1. The molecule has 0 aliphatic rings. The molecule has 6 nitrogen and oxygen atoms in total. The lowest BCUT2D eigenvalue weighted by Crippen LogP contribution is -2.25. The summed E-state index contributed by atoms with van der Waals surface area (Å²) in [6.45, 7) is 2.81. The molecule has 27 heavy (non-hydrogen) atoms. The summed E-state index contributed by atoms with van der Waals surface area (Å²) in [5.74, 6) is -0.0122. The molecule has 0 radical (unpaired) electrons. The zero-order valence-corrected chi connectivity index (χ0v) is 16.5. The highest BCUT2D eigenvalue weighted by molar-refractivity contribution is 7.89. The fourth-order valence-electron chi connectivity index (χ4n) is 2.61. The number of amides is 1. The zero-order valence-electron chi connectivity index (χ0n) is 15.6. The Morgan fingerprint density at radius 3 is 2.37 bits per heavy atom. The maximum absolute atomic E-state index is 12.2. The zero-order chi connectivity index (χ0) is 19.7. The molecule has 1 atom stereocenters. The van der Waals surface area contributed by atoms with Crippen molar-refractivity contribution in [2.75, 3.05) is 25.6 Å². The van der Waals surface area contributed by atoms with E-state index in [4.69, 9.17) is 4.74 Å². The Bertz CT molecular complexity index is 821. The maximum atomic E-state index is 12.2. The van der Waals surface area contributed by atoms with Crippen LogP contribution in [0.25, 0.3) is 0 Å². The minimum absolute atomic E-state index is 0.0992. The Labute approximate surface area is 161 Å². The second-order valence-electron chi connectivity index (χ2n) is 6.33. The van der Waals surface area contributed by atoms with Crippen molar-refractivity contribution in [3.8, 4) is 0 Å². The van der Waals surface area contributed by atoms with E-state index in [1.807, 2.05) is 37.3 Å². The lowest BCUT2D eigenvalue weighted by atomic mass is 9.97. The van der Waals surface area contributed by atoms with E-state index in [1.54, 1.807) is 19.2 Å². The Morgan fingerprint density at radius 1 is 1.07 bits per heavy atom. The van der Waals surface area contributed by atoms with Crippen molar-refractivity contribution in [1.82, 2.24) is 4.72 Å². The molecular formula is C20H26N2O4S. The molecular weight excluding hydrogens is 364 g/mol. The fraction of sp³-hybridized carbons (Fsp3) is 0.350. The summed E-state index contributed by atoms with van der Waals surface area (Å²) in [6.07, 6.45) is 0.953. The van der Waals surface area contributed by atoms with Crippen LogP contribution in [0.4, 0.5) is 5.69 Å². The molecule has 0 heterocycles. The summed E-state index contributed by atoms with van der Waals surface area (Å²) in [6, 6.07) is 16.0. The van der Waals surface area contributed by atoms with Crippen LogP contribution in [0.15, 0.2) is 59.5 Å². The molecule has 0 aliphatic heterocycles. The van der Waals surface area contributed by atoms with Crippen LogP contribution in [0.3, 0.4) is 0 Å². The van der Waals surface area contributed by atoms with Crippen LogP contribution in [0.5, 0.6) is 0 Å². The number of rotatable bonds is 10. The van der Waals surface area contributed by atoms with Gasteiger partial charge in [0.25, 0.3) is 0 Å². The molecule has 0 saturated heterocycles. The lowest BCUT2D eigenvalue weighted by Gasteiger charge is -2.12. The molecule has 0 aliphatic carbocycles. The molecule has 0 unspecified atom stereocenters. The van der Waals surface area contributed by atoms with Crippen molar-refractivity contribution in [2.45, 2.75) is 30.6 Å². The van der Waals surface area contributed by atoms with E-state index >= 15 is 0 Å². The topological polar surface area (TPSA) is 84.5 Å². The smallest absolute Gasteiger partial charge is 0.240 e. The van der Waals surface area contributed by atoms with Crippen molar-refractivity contribution in [3.63, 3.8) is 0 Å². The molecule has 7 heteroatoms. The van der Waals surface area contributed by atoms with Crippen LogP contribution >= 0.6 is 0 Å². The van der Waals surface area contributed by atoms with E-state index in [0.717, 1.165) is 5.56 Å². The van der Waals surface area contributed by atoms with E-state index in [2.05, 4.69) is 10.0 Å². The number of carbonyl (C=O) groups excluding carboxylic acids is 1. The number of methoxy groups -OCH3 is 1. The standard InChI is InChI=1S/C20H26N2O4S/c1-16(17-7-4-3-5-8-17)15-20(23)22-18-9-11-19(12-10-18)27(24,25)21-13-6-14-26-2/h3-5,7-12,16,21H,6,13-15H2,1-2H3,(H,22,23)/t16-/m1/s1. The van der Waals surface area contributed by atoms with E-state index in [9.17, 15) is 13.2 Å². The van der Waals surface area contributed by atoms with E-state index in [-0.39, 0.29) is 16.7 Å². The summed E-state index contributed by atoms with van der Waals surface area (Å²) < 4.78 is 31.8. The molecule has 2 aromatic rings. The van der Waals surface area contributed by atoms with Gasteiger partial charge in [-0.2, -0.15) is 0 Å². The summed E-state index contributed by atoms with van der Waals surface area (Å²) in [7, 11) is -1.99. The van der Waals surface area contributed by atoms with Crippen molar-refractivity contribution in [2.24, 2.45) is 0 Å². The molecule has 1 amide bonds. The van der Waals surface area contributed by atoms with Gasteiger partial charge in [-0.15, -0.1) is 0 Å². The van der Waals surface area contributed by atoms with Gasteiger partial charge in [0, 0.05) is 32.4 Å². The highest BCUT2D eigenvalue weighted by Crippen LogP contribution is 2.20. The van der Waals surface area contributed by atoms with Crippen LogP contribution in [0.2, 0.25) is 0 Å². The van der Waals surface area contributed by atoms with Gasteiger partial charge in [-0.25, -0.2) is 13.1 Å². The molecule has 0 bridgehead atoms. The number of hydrogen-bond donors (Lipinski definition) is 2. The first-order valence-electron chi connectivity index (χ1n) is 8.86. The molecule has 146 valence electrons. The van der Waals surface area contributed by atoms with Crippen molar-refractivity contribution in [3.05, 3.63) is 60.2 Å². The van der Waals surface area contributed by atoms with E-state index in [1.165, 1.54) is 12.1 Å². The second kappa shape index (κ2) is 10.2. The summed E-state index contributed by atoms with van der Waals surface area (Å²) in [4.78, 5) is 12.4. The number of carbonyl (C=O) groups is 1. The number of hydrogen-bond acceptors (Lipinski definition) is 4. The second-order valence-corrected chi connectivity index (χ2v) is 8.10. The Balaban J connectivity index is 1.90. The maximum Gasteiger partial charge on any atom is 0.240 e. The van der Waals surface area contributed by atoms with Crippen molar-refractivity contribution < 1.29 is 17.9 Å². The van der Waals surface area contributed by atoms with Gasteiger partial charge in [0.1, 0.15) is 0 Å². The molecule has 0 fully saturated rings. The molecule has 0 saturated carbocycles. The number of ether oxygens (including phenoxy) is 1. The third-order valence-electron chi connectivity index (χ3n) is 4.13. The fourth-order valence-corrected chi connectivity index (χ4v) is 3.69. The first-order chi connectivity index (χ1) is 12.9. The molecule has 0 aromatic heterocycles. The first kappa shape index (κ1) is 21.1. The van der Waals surface area contributed by atoms with Gasteiger partial charge in [-0.05, 0) is 42.2 Å². The lowest BCUT2D eigenvalue weighted by molar-refractivity contribution is -0.116. The average Bonchev–Trinajstić information content (AvgIpc) is 2.66. The van der Waals surface area contributed by atoms with Crippen molar-refractivity contribution >= 4 is 21.6 Å². The first-order valence-corrected chi connectivity index (χ1v) is 10.3.